The van der Waals surface area contributed by atoms with Gasteiger partial charge in [0.05, 0.1) is 75.3 Å². The quantitative estimate of drug-likeness (QED) is 0.0183. The fourth-order valence-corrected chi connectivity index (χ4v) is 16.9. The van der Waals surface area contributed by atoms with Crippen LogP contribution in [-0.2, 0) is 66.9 Å². The Hall–Kier alpha value is -9.61. The molecule has 15 rings (SSSR count). The van der Waals surface area contributed by atoms with Crippen LogP contribution < -0.4 is 0 Å². The van der Waals surface area contributed by atoms with Gasteiger partial charge in [-0.05, 0) is 132 Å². The molecule has 0 saturated carbocycles. The van der Waals surface area contributed by atoms with Crippen molar-refractivity contribution in [1.29, 1.82) is 0 Å². The molecule has 686 valence electrons. The van der Waals surface area contributed by atoms with E-state index in [0.29, 0.717) is 64.5 Å². The van der Waals surface area contributed by atoms with Crippen molar-refractivity contribution < 1.29 is 40.0 Å². The van der Waals surface area contributed by atoms with Crippen LogP contribution in [0.25, 0.3) is 119 Å². The van der Waals surface area contributed by atoms with Gasteiger partial charge in [0, 0.05) is 170 Å². The van der Waals surface area contributed by atoms with E-state index in [2.05, 4.69) is 207 Å². The van der Waals surface area contributed by atoms with Gasteiger partial charge in [-0.3, -0.25) is 4.57 Å². The van der Waals surface area contributed by atoms with Gasteiger partial charge in [-0.1, -0.05) is 250 Å². The van der Waals surface area contributed by atoms with Crippen LogP contribution >= 0.6 is 73.9 Å². The zero-order valence-electron chi connectivity index (χ0n) is 76.8. The van der Waals surface area contributed by atoms with Gasteiger partial charge in [0.15, 0.2) is 5.82 Å². The molecular weight excluding hydrogens is 2080 g/mol. The maximum absolute atomic E-state index is 6.14. The Labute approximate surface area is 826 Å². The largest absolute Gasteiger partial charge is 0.424 e. The fraction of sp³-hybridized carbons (Fsp3) is 0.281. The Balaban J connectivity index is 0.000000172. The summed E-state index contributed by atoms with van der Waals surface area (Å²) < 4.78 is 31.8. The summed E-state index contributed by atoms with van der Waals surface area (Å²) in [4.78, 5) is 70.2. The number of rotatable bonds is 31. The smallest absolute Gasteiger partial charge is 0.187 e. The molecule has 1 N–H and O–H groups in total. The molecule has 0 unspecified atom stereocenters. The van der Waals surface area contributed by atoms with Gasteiger partial charge >= 0.3 is 0 Å². The molecule has 0 radical (unpaired) electrons. The normalized spacial score (nSPS) is 11.6. The fourth-order valence-electron chi connectivity index (χ4n) is 12.5. The van der Waals surface area contributed by atoms with E-state index in [9.17, 15) is 0 Å². The molecule has 15 aromatic rings. The van der Waals surface area contributed by atoms with Gasteiger partial charge in [-0.2, -0.15) is 0 Å². The number of nitrogens with one attached hydrogen (secondary N) is 1. The SMILES string of the molecule is C[Si](C)(C)C#Cc1nc(-c2ccc(Cl)cc2)c(-c2ccncn2)n1COCC[Si](C)(C)C.C[Si](C)(C)CCOCn1[c-]nc(-c2ccc(Cl)cc2)c1-c1ccncn1.C[Si](C)(C)CCOCn1cnc(-c2ccc(Cl)cc2)c1-c1ccncn1.C[Si](C)(C)CCOCn1cnc(-c2ccncn2)c1-c1ccc(Cl)cc1.Clc1ccc(-c2nc(/C=C/Br)[nH]c2-c2ccncn2)cc1.[W]. The number of ether oxygens (including phenoxy) is 4. The molecule has 0 bridgehead atoms. The second kappa shape index (κ2) is 50.1. The van der Waals surface area contributed by atoms with Crippen LogP contribution in [0.1, 0.15) is 11.6 Å². The van der Waals surface area contributed by atoms with Crippen LogP contribution in [0.5, 0.6) is 0 Å². The van der Waals surface area contributed by atoms with E-state index in [1.54, 1.807) is 61.3 Å². The molecule has 0 aliphatic rings. The predicted molar refractivity (Wildman–Crippen MR) is 548 cm³/mol. The summed E-state index contributed by atoms with van der Waals surface area (Å²) in [5.74, 6) is 4.78. The molecule has 0 saturated heterocycles. The Morgan fingerprint density at radius 2 is 0.727 bits per heavy atom. The first-order valence-corrected chi connectivity index (χ1v) is 63.8. The van der Waals surface area contributed by atoms with Crippen molar-refractivity contribution in [2.45, 2.75) is 149 Å². The first kappa shape index (κ1) is 104. The first-order chi connectivity index (χ1) is 62.6. The van der Waals surface area contributed by atoms with Gasteiger partial charge in [0.1, 0.15) is 78.2 Å². The zero-order chi connectivity index (χ0) is 93.7. The number of H-pyrrole nitrogens is 1. The van der Waals surface area contributed by atoms with E-state index in [1.807, 2.05) is 176 Å². The van der Waals surface area contributed by atoms with Crippen molar-refractivity contribution >= 4 is 120 Å². The number of benzene rings is 5. The number of aromatic nitrogens is 20. The van der Waals surface area contributed by atoms with Crippen molar-refractivity contribution in [1.82, 2.24) is 98.0 Å². The molecule has 5 aromatic carbocycles. The van der Waals surface area contributed by atoms with Crippen LogP contribution in [-0.4, -0.2) is 165 Å². The van der Waals surface area contributed by atoms with E-state index in [-0.39, 0.29) is 21.1 Å². The summed E-state index contributed by atoms with van der Waals surface area (Å²) in [6, 6.07) is 52.1. The number of imidazole rings is 5. The summed E-state index contributed by atoms with van der Waals surface area (Å²) in [5, 5.41) is 3.47. The maximum atomic E-state index is 6.14. The molecule has 24 nitrogen and oxygen atoms in total. The summed E-state index contributed by atoms with van der Waals surface area (Å²) in [6.45, 7) is 39.5. The average molecular weight is 2190 g/mol. The molecule has 0 fully saturated rings. The minimum Gasteiger partial charge on any atom is -0.424 e. The van der Waals surface area contributed by atoms with E-state index < -0.39 is 40.4 Å². The molecule has 0 atom stereocenters. The van der Waals surface area contributed by atoms with Crippen LogP contribution in [0.4, 0.5) is 0 Å². The molecular formula is C96H109BrCl5N20O4Si5W-. The summed E-state index contributed by atoms with van der Waals surface area (Å²) in [6.07, 6.45) is 24.8. The van der Waals surface area contributed by atoms with Crippen molar-refractivity contribution in [3.05, 3.63) is 275 Å². The topological polar surface area (TPSA) is 266 Å². The molecule has 0 amide bonds. The van der Waals surface area contributed by atoms with E-state index in [4.69, 9.17) is 81.9 Å². The number of hydrogen-bond acceptors (Lipinski definition) is 19. The third-order valence-electron chi connectivity index (χ3n) is 19.5. The Morgan fingerprint density at radius 3 is 1.14 bits per heavy atom. The zero-order valence-corrected chi connectivity index (χ0v) is 90.1. The van der Waals surface area contributed by atoms with Gasteiger partial charge in [0.25, 0.3) is 0 Å². The van der Waals surface area contributed by atoms with Crippen molar-refractivity contribution in [2.24, 2.45) is 0 Å². The van der Waals surface area contributed by atoms with Gasteiger partial charge in [-0.25, -0.2) is 69.8 Å². The van der Waals surface area contributed by atoms with Crippen LogP contribution in [0.2, 0.25) is 147 Å². The Kier molecular flexibility index (Phi) is 39.7. The predicted octanol–water partition coefficient (Wildman–Crippen LogP) is 25.5. The van der Waals surface area contributed by atoms with Crippen LogP contribution in [0, 0.1) is 17.8 Å². The average Bonchev–Trinajstić information content (AvgIpc) is 1.63. The van der Waals surface area contributed by atoms with E-state index >= 15 is 0 Å². The molecule has 0 aliphatic carbocycles. The monoisotopic (exact) mass is 2180 g/mol. The molecule has 10 aromatic heterocycles. The standard InChI is InChI=1S/C24H31ClN4OSi2.2C19H23ClN4OSi.C19H22ClN4OSi.C15H10BrClN4.W/c1-31(2,3)15-12-22-28-23(19-7-9-20(25)10-8-19)24(21-11-13-26-17-27-21)29(22)18-30-14-16-32(4,5)6;1-26(2,3)11-10-25-14-24-13-23-18(17-8-9-21-12-22-17)19(24)15-4-6-16(20)7-5-15;2*1-26(2,3)11-10-25-14-24-13-23-18(15-4-6-16(20)7-5-15)19(24)17-8-9-21-12-22-17;16-7-5-13-20-14(10-1-3-11(17)4-2-10)15(21-13)12-6-8-18-9-19-12;/h7-11,13,17H,14,16,18H2,1-6H3;2*4-9,12-13H,10-11,14H2,1-3H3;4-9,12H,10-11,14H2,1-3H3;1-9H,(H,20,21);/q;;;-1;;/b;;;;7-5+;. The van der Waals surface area contributed by atoms with Gasteiger partial charge < -0.3 is 42.6 Å². The van der Waals surface area contributed by atoms with Crippen LogP contribution in [0.15, 0.2) is 232 Å². The summed E-state index contributed by atoms with van der Waals surface area (Å²) in [5.41, 5.74) is 20.9. The summed E-state index contributed by atoms with van der Waals surface area (Å²) in [7, 11) is -6.11. The molecule has 132 heavy (non-hydrogen) atoms. The number of halogens is 6. The Bertz CT molecular complexity index is 6010. The van der Waals surface area contributed by atoms with Gasteiger partial charge in [0.2, 0.25) is 0 Å². The minimum absolute atomic E-state index is 0. The molecule has 10 heterocycles. The molecule has 0 aliphatic heterocycles. The molecule has 0 spiro atoms. The number of aromatic amines is 1. The van der Waals surface area contributed by atoms with Crippen molar-refractivity contribution in [3.8, 4) is 125 Å². The van der Waals surface area contributed by atoms with Crippen LogP contribution in [0.3, 0.4) is 0 Å². The number of nitrogens with zero attached hydrogens (tertiary/aromatic N) is 19. The third kappa shape index (κ3) is 32.9. The molecule has 36 heteroatoms. The van der Waals surface area contributed by atoms with E-state index in [0.717, 1.165) is 163 Å². The van der Waals surface area contributed by atoms with Crippen molar-refractivity contribution in [3.63, 3.8) is 0 Å². The summed E-state index contributed by atoms with van der Waals surface area (Å²) >= 11 is 33.4. The second-order valence-corrected chi connectivity index (χ2v) is 66.2. The Morgan fingerprint density at radius 1 is 0.371 bits per heavy atom. The van der Waals surface area contributed by atoms with E-state index in [1.165, 1.54) is 19.0 Å². The van der Waals surface area contributed by atoms with Gasteiger partial charge in [-0.15, -0.1) is 5.54 Å². The first-order valence-electron chi connectivity index (χ1n) is 42.6. The second-order valence-electron chi connectivity index (χ2n) is 36.3. The minimum atomic E-state index is -1.59. The number of hydrogen-bond donors (Lipinski definition) is 1. The van der Waals surface area contributed by atoms with Crippen molar-refractivity contribution in [2.75, 3.05) is 26.4 Å². The maximum Gasteiger partial charge on any atom is 0.187 e. The third-order valence-corrected chi connectivity index (χ3v) is 28.7.